The molecule has 2 heterocycles. The van der Waals surface area contributed by atoms with Gasteiger partial charge in [0.15, 0.2) is 6.23 Å². The Hall–Kier alpha value is -2.17. The summed E-state index contributed by atoms with van der Waals surface area (Å²) in [4.78, 5) is 35.0. The molecule has 0 spiro atoms. The molecule has 0 bridgehead atoms. The molecule has 0 aromatic carbocycles. The van der Waals surface area contributed by atoms with Crippen molar-refractivity contribution in [2.75, 3.05) is 6.61 Å². The molecule has 1 aromatic heterocycles. The molecule has 1 aliphatic rings. The van der Waals surface area contributed by atoms with Crippen LogP contribution in [-0.2, 0) is 9.47 Å². The molecule has 1 aromatic rings. The maximum atomic E-state index is 11.6. The number of nitrogens with zero attached hydrogens (tertiary/aromatic N) is 1. The summed E-state index contributed by atoms with van der Waals surface area (Å²) in [6, 6.07) is 1.07. The third-order valence-corrected chi connectivity index (χ3v) is 2.85. The zero-order valence-corrected chi connectivity index (χ0v) is 10.1. The van der Waals surface area contributed by atoms with Crippen molar-refractivity contribution in [3.05, 3.63) is 33.1 Å². The van der Waals surface area contributed by atoms with Crippen LogP contribution < -0.4 is 17.0 Å². The molecule has 5 N–H and O–H groups in total. The first-order valence-electron chi connectivity index (χ1n) is 5.65. The van der Waals surface area contributed by atoms with Crippen LogP contribution in [-0.4, -0.2) is 50.8 Å². The Morgan fingerprint density at radius 3 is 2.75 bits per heavy atom. The van der Waals surface area contributed by atoms with Crippen molar-refractivity contribution < 1.29 is 24.5 Å². The number of hydrogen-bond donors (Lipinski definition) is 4. The van der Waals surface area contributed by atoms with E-state index >= 15 is 0 Å². The van der Waals surface area contributed by atoms with Crippen molar-refractivity contribution in [1.29, 1.82) is 0 Å². The summed E-state index contributed by atoms with van der Waals surface area (Å²) in [5.74, 6) is 0. The molecule has 4 atom stereocenters. The van der Waals surface area contributed by atoms with Gasteiger partial charge in [-0.3, -0.25) is 14.3 Å². The average molecular weight is 287 g/mol. The number of hydrogen-bond acceptors (Lipinski definition) is 7. The van der Waals surface area contributed by atoms with Crippen LogP contribution >= 0.6 is 0 Å². The summed E-state index contributed by atoms with van der Waals surface area (Å²) in [7, 11) is 0. The number of carbonyl (C=O) groups excluding carboxylic acids is 1. The first-order chi connectivity index (χ1) is 9.40. The number of H-pyrrole nitrogens is 1. The molecule has 1 saturated heterocycles. The molecule has 2 rings (SSSR count). The van der Waals surface area contributed by atoms with Gasteiger partial charge in [0.05, 0.1) is 0 Å². The maximum absolute atomic E-state index is 11.6. The van der Waals surface area contributed by atoms with Gasteiger partial charge in [-0.1, -0.05) is 0 Å². The minimum Gasteiger partial charge on any atom is -0.447 e. The van der Waals surface area contributed by atoms with Crippen LogP contribution in [0.15, 0.2) is 21.9 Å². The molecule has 0 saturated carbocycles. The third kappa shape index (κ3) is 2.71. The number of primary amides is 1. The van der Waals surface area contributed by atoms with Crippen LogP contribution in [0.5, 0.6) is 0 Å². The molecular formula is C10H13N3O7. The summed E-state index contributed by atoms with van der Waals surface area (Å²) in [6.45, 7) is -0.373. The second kappa shape index (κ2) is 5.45. The van der Waals surface area contributed by atoms with Crippen LogP contribution in [0.1, 0.15) is 6.23 Å². The van der Waals surface area contributed by atoms with E-state index < -0.39 is 41.9 Å². The number of rotatable bonds is 3. The van der Waals surface area contributed by atoms with Gasteiger partial charge in [0, 0.05) is 12.3 Å². The molecule has 10 nitrogen and oxygen atoms in total. The number of nitrogens with one attached hydrogen (secondary N) is 1. The highest BCUT2D eigenvalue weighted by Crippen LogP contribution is 2.28. The zero-order valence-electron chi connectivity index (χ0n) is 10.1. The predicted octanol–water partition coefficient (Wildman–Crippen LogP) is -2.75. The minimum absolute atomic E-state index is 0.373. The van der Waals surface area contributed by atoms with Gasteiger partial charge in [-0.2, -0.15) is 0 Å². The van der Waals surface area contributed by atoms with Crippen LogP contribution in [0.25, 0.3) is 0 Å². The lowest BCUT2D eigenvalue weighted by Gasteiger charge is -2.16. The molecule has 1 aliphatic heterocycles. The van der Waals surface area contributed by atoms with Crippen LogP contribution in [0.3, 0.4) is 0 Å². The first-order valence-corrected chi connectivity index (χ1v) is 5.65. The van der Waals surface area contributed by atoms with Crippen LogP contribution in [0.4, 0.5) is 4.79 Å². The normalized spacial score (nSPS) is 29.3. The van der Waals surface area contributed by atoms with Gasteiger partial charge in [-0.15, -0.1) is 0 Å². The standard InChI is InChI=1S/C10H13N3O7/c11-9(17)19-3-4-6(15)7(16)8(20-4)13-2-1-5(14)12-10(13)18/h1-2,4,6-8,15-16H,3H2,(H2,11,17)(H,12,14,18)/t4-,6+,7-,8-/m0/s1. The number of carbonyl (C=O) groups is 1. The zero-order chi connectivity index (χ0) is 14.9. The van der Waals surface area contributed by atoms with Gasteiger partial charge >= 0.3 is 11.8 Å². The fourth-order valence-electron chi connectivity index (χ4n) is 1.89. The molecule has 20 heavy (non-hydrogen) atoms. The van der Waals surface area contributed by atoms with Gasteiger partial charge in [0.1, 0.15) is 24.9 Å². The first kappa shape index (κ1) is 14.2. The smallest absolute Gasteiger partial charge is 0.404 e. The van der Waals surface area contributed by atoms with Crippen molar-refractivity contribution in [3.63, 3.8) is 0 Å². The second-order valence-electron chi connectivity index (χ2n) is 4.19. The molecule has 10 heteroatoms. The van der Waals surface area contributed by atoms with E-state index in [1.165, 1.54) is 0 Å². The van der Waals surface area contributed by atoms with E-state index in [1.807, 2.05) is 4.98 Å². The number of nitrogens with two attached hydrogens (primary N) is 1. The number of ether oxygens (including phenoxy) is 2. The van der Waals surface area contributed by atoms with Crippen molar-refractivity contribution in [3.8, 4) is 0 Å². The van der Waals surface area contributed by atoms with Gasteiger partial charge in [-0.05, 0) is 0 Å². The summed E-state index contributed by atoms with van der Waals surface area (Å²) < 4.78 is 10.6. The predicted molar refractivity (Wildman–Crippen MR) is 62.8 cm³/mol. The van der Waals surface area contributed by atoms with E-state index in [9.17, 15) is 24.6 Å². The minimum atomic E-state index is -1.43. The molecule has 0 unspecified atom stereocenters. The summed E-state index contributed by atoms with van der Waals surface area (Å²) in [6.07, 6.45) is -4.99. The highest BCUT2D eigenvalue weighted by molar-refractivity contribution is 5.64. The molecular weight excluding hydrogens is 274 g/mol. The van der Waals surface area contributed by atoms with Gasteiger partial charge in [-0.25, -0.2) is 9.59 Å². The quantitative estimate of drug-likeness (QED) is 0.469. The monoisotopic (exact) mass is 287 g/mol. The van der Waals surface area contributed by atoms with E-state index in [1.54, 1.807) is 0 Å². The topological polar surface area (TPSA) is 157 Å². The lowest BCUT2D eigenvalue weighted by atomic mass is 10.1. The highest BCUT2D eigenvalue weighted by atomic mass is 16.6. The molecule has 0 radical (unpaired) electrons. The third-order valence-electron chi connectivity index (χ3n) is 2.85. The van der Waals surface area contributed by atoms with E-state index in [2.05, 4.69) is 4.74 Å². The van der Waals surface area contributed by atoms with E-state index in [0.717, 1.165) is 16.8 Å². The number of aliphatic hydroxyl groups is 2. The Labute approximate surface area is 111 Å². The van der Waals surface area contributed by atoms with E-state index in [4.69, 9.17) is 10.5 Å². The van der Waals surface area contributed by atoms with Crippen molar-refractivity contribution in [2.24, 2.45) is 5.73 Å². The Morgan fingerprint density at radius 2 is 2.15 bits per heavy atom. The van der Waals surface area contributed by atoms with E-state index in [0.29, 0.717) is 0 Å². The Morgan fingerprint density at radius 1 is 1.45 bits per heavy atom. The molecule has 1 fully saturated rings. The molecule has 110 valence electrons. The number of aliphatic hydroxyl groups excluding tert-OH is 2. The summed E-state index contributed by atoms with van der Waals surface area (Å²) in [5.41, 5.74) is 3.38. The van der Waals surface area contributed by atoms with Crippen molar-refractivity contribution >= 4 is 6.09 Å². The van der Waals surface area contributed by atoms with Crippen molar-refractivity contribution in [1.82, 2.24) is 9.55 Å². The van der Waals surface area contributed by atoms with Gasteiger partial charge in [0.25, 0.3) is 5.56 Å². The average Bonchev–Trinajstić information content (AvgIpc) is 2.64. The van der Waals surface area contributed by atoms with Gasteiger partial charge < -0.3 is 25.4 Å². The Kier molecular flexibility index (Phi) is 3.88. The maximum Gasteiger partial charge on any atom is 0.404 e. The Bertz CT molecular complexity index is 609. The largest absolute Gasteiger partial charge is 0.447 e. The fraction of sp³-hybridized carbons (Fsp3) is 0.500. The summed E-state index contributed by atoms with van der Waals surface area (Å²) in [5, 5.41) is 19.6. The van der Waals surface area contributed by atoms with Crippen LogP contribution in [0, 0.1) is 0 Å². The molecule has 0 aliphatic carbocycles. The lowest BCUT2D eigenvalue weighted by Crippen LogP contribution is -2.37. The van der Waals surface area contributed by atoms with Crippen molar-refractivity contribution in [2.45, 2.75) is 24.5 Å². The number of aromatic nitrogens is 2. The van der Waals surface area contributed by atoms with Crippen LogP contribution in [0.2, 0.25) is 0 Å². The molecule has 1 amide bonds. The SMILES string of the molecule is NC(=O)OC[C@@H]1O[C@H](n2ccc(=O)[nH]c2=O)[C@@H](O)[C@@H]1O. The van der Waals surface area contributed by atoms with Gasteiger partial charge in [0.2, 0.25) is 0 Å². The number of aromatic amines is 1. The van der Waals surface area contributed by atoms with E-state index in [-0.39, 0.29) is 6.61 Å². The Balaban J connectivity index is 2.19. The lowest BCUT2D eigenvalue weighted by molar-refractivity contribution is -0.0563. The number of amides is 1. The highest BCUT2D eigenvalue weighted by Gasteiger charge is 2.44. The summed E-state index contributed by atoms with van der Waals surface area (Å²) >= 11 is 0. The fourth-order valence-corrected chi connectivity index (χ4v) is 1.89. The second-order valence-corrected chi connectivity index (χ2v) is 4.19.